The monoisotopic (exact) mass is 333 g/mol. The minimum Gasteiger partial charge on any atom is -0.494 e. The van der Waals surface area contributed by atoms with Gasteiger partial charge in [-0.1, -0.05) is 19.4 Å². The largest absolute Gasteiger partial charge is 0.494 e. The summed E-state index contributed by atoms with van der Waals surface area (Å²) < 4.78 is 17.2. The summed E-state index contributed by atoms with van der Waals surface area (Å²) in [6, 6.07) is 17.5. The lowest BCUT2D eigenvalue weighted by Crippen LogP contribution is -1.96. The van der Waals surface area contributed by atoms with Crippen LogP contribution in [0.5, 0.6) is 5.75 Å². The molecule has 4 heteroatoms. The van der Waals surface area contributed by atoms with E-state index in [1.54, 1.807) is 6.26 Å². The Balaban J connectivity index is 1.64. The molecule has 2 heterocycles. The molecule has 0 saturated heterocycles. The van der Waals surface area contributed by atoms with Gasteiger partial charge in [0.15, 0.2) is 5.58 Å². The maximum Gasteiger partial charge on any atom is 0.227 e. The Morgan fingerprint density at radius 3 is 2.80 bits per heavy atom. The van der Waals surface area contributed by atoms with Crippen molar-refractivity contribution >= 4 is 11.1 Å². The highest BCUT2D eigenvalue weighted by Crippen LogP contribution is 2.30. The molecule has 4 nitrogen and oxygen atoms in total. The molecular formula is C21H19NO3. The topological polar surface area (TPSA) is 48.4 Å². The van der Waals surface area contributed by atoms with Gasteiger partial charge >= 0.3 is 0 Å². The number of hydrogen-bond acceptors (Lipinski definition) is 4. The van der Waals surface area contributed by atoms with Crippen LogP contribution in [0, 0.1) is 0 Å². The lowest BCUT2D eigenvalue weighted by molar-refractivity contribution is 0.309. The molecule has 0 atom stereocenters. The molecule has 2 aromatic carbocycles. The predicted molar refractivity (Wildman–Crippen MR) is 97.6 cm³/mol. The van der Waals surface area contributed by atoms with E-state index in [1.165, 1.54) is 0 Å². The van der Waals surface area contributed by atoms with E-state index >= 15 is 0 Å². The molecule has 0 radical (unpaired) electrons. The molecule has 2 aromatic heterocycles. The molecule has 4 rings (SSSR count). The van der Waals surface area contributed by atoms with Crippen LogP contribution in [0.1, 0.15) is 19.8 Å². The van der Waals surface area contributed by atoms with Gasteiger partial charge in [0.2, 0.25) is 5.89 Å². The summed E-state index contributed by atoms with van der Waals surface area (Å²) in [4.78, 5) is 4.59. The molecule has 0 aliphatic carbocycles. The van der Waals surface area contributed by atoms with Crippen molar-refractivity contribution < 1.29 is 13.6 Å². The third-order valence-corrected chi connectivity index (χ3v) is 4.04. The number of hydrogen-bond donors (Lipinski definition) is 0. The fourth-order valence-corrected chi connectivity index (χ4v) is 2.70. The molecule has 0 N–H and O–H groups in total. The van der Waals surface area contributed by atoms with Crippen molar-refractivity contribution in [3.8, 4) is 28.5 Å². The number of benzene rings is 2. The van der Waals surface area contributed by atoms with E-state index in [4.69, 9.17) is 13.6 Å². The van der Waals surface area contributed by atoms with E-state index in [0.29, 0.717) is 5.89 Å². The van der Waals surface area contributed by atoms with E-state index in [0.717, 1.165) is 53.2 Å². The van der Waals surface area contributed by atoms with Crippen LogP contribution in [-0.4, -0.2) is 11.6 Å². The van der Waals surface area contributed by atoms with Gasteiger partial charge in [0.1, 0.15) is 17.0 Å². The number of unbranched alkanes of at least 4 members (excludes halogenated alkanes) is 1. The van der Waals surface area contributed by atoms with Crippen molar-refractivity contribution in [1.29, 1.82) is 0 Å². The summed E-state index contributed by atoms with van der Waals surface area (Å²) in [5.41, 5.74) is 3.44. The highest BCUT2D eigenvalue weighted by atomic mass is 16.5. The Labute approximate surface area is 146 Å². The van der Waals surface area contributed by atoms with Crippen LogP contribution in [0.15, 0.2) is 69.7 Å². The van der Waals surface area contributed by atoms with Crippen LogP contribution in [0.4, 0.5) is 0 Å². The molecule has 0 aliphatic heterocycles. The number of rotatable bonds is 6. The summed E-state index contributed by atoms with van der Waals surface area (Å²) in [7, 11) is 0. The lowest BCUT2D eigenvalue weighted by Gasteiger charge is -2.05. The van der Waals surface area contributed by atoms with Gasteiger partial charge in [-0.15, -0.1) is 0 Å². The Hall–Kier alpha value is -3.01. The number of oxazole rings is 1. The highest BCUT2D eigenvalue weighted by molar-refractivity contribution is 5.81. The maximum atomic E-state index is 5.97. The Bertz CT molecular complexity index is 970. The standard InChI is InChI=1S/C21H19NO3/c1-2-3-11-23-17-7-4-6-16(13-17)21-22-18-10-9-15(14-20(18)25-21)19-8-5-12-24-19/h4-10,12-14H,2-3,11H2,1H3. The number of furan rings is 1. The summed E-state index contributed by atoms with van der Waals surface area (Å²) in [6.45, 7) is 2.87. The van der Waals surface area contributed by atoms with Crippen LogP contribution in [0.2, 0.25) is 0 Å². The molecule has 0 bridgehead atoms. The SMILES string of the molecule is CCCCOc1cccc(-c2nc3ccc(-c4ccco4)cc3o2)c1. The van der Waals surface area contributed by atoms with E-state index in [-0.39, 0.29) is 0 Å². The molecule has 0 unspecified atom stereocenters. The molecule has 0 fully saturated rings. The van der Waals surface area contributed by atoms with E-state index in [1.807, 2.05) is 54.6 Å². The zero-order chi connectivity index (χ0) is 17.1. The minimum absolute atomic E-state index is 0.590. The number of ether oxygens (including phenoxy) is 1. The second-order valence-electron chi connectivity index (χ2n) is 5.91. The molecule has 0 spiro atoms. The highest BCUT2D eigenvalue weighted by Gasteiger charge is 2.11. The normalized spacial score (nSPS) is 11.1. The first-order valence-corrected chi connectivity index (χ1v) is 8.51. The van der Waals surface area contributed by atoms with Gasteiger partial charge in [0, 0.05) is 11.1 Å². The van der Waals surface area contributed by atoms with Crippen molar-refractivity contribution in [2.75, 3.05) is 6.61 Å². The first-order chi connectivity index (χ1) is 12.3. The summed E-state index contributed by atoms with van der Waals surface area (Å²) >= 11 is 0. The van der Waals surface area contributed by atoms with Crippen molar-refractivity contribution in [2.24, 2.45) is 0 Å². The fourth-order valence-electron chi connectivity index (χ4n) is 2.70. The van der Waals surface area contributed by atoms with Gasteiger partial charge in [-0.2, -0.15) is 0 Å². The van der Waals surface area contributed by atoms with Gasteiger partial charge in [0.25, 0.3) is 0 Å². The van der Waals surface area contributed by atoms with Crippen LogP contribution in [-0.2, 0) is 0 Å². The Kier molecular flexibility index (Phi) is 4.25. The summed E-state index contributed by atoms with van der Waals surface area (Å²) in [6.07, 6.45) is 3.82. The average molecular weight is 333 g/mol. The van der Waals surface area contributed by atoms with Gasteiger partial charge < -0.3 is 13.6 Å². The first kappa shape index (κ1) is 15.5. The number of nitrogens with zero attached hydrogens (tertiary/aromatic N) is 1. The van der Waals surface area contributed by atoms with Gasteiger partial charge in [-0.05, 0) is 55.0 Å². The molecular weight excluding hydrogens is 314 g/mol. The molecule has 0 saturated carbocycles. The quantitative estimate of drug-likeness (QED) is 0.410. The molecule has 0 amide bonds. The van der Waals surface area contributed by atoms with Crippen LogP contribution >= 0.6 is 0 Å². The van der Waals surface area contributed by atoms with Crippen molar-refractivity contribution in [1.82, 2.24) is 4.98 Å². The predicted octanol–water partition coefficient (Wildman–Crippen LogP) is 5.93. The van der Waals surface area contributed by atoms with Crippen LogP contribution in [0.25, 0.3) is 33.9 Å². The van der Waals surface area contributed by atoms with Crippen molar-refractivity contribution in [3.63, 3.8) is 0 Å². The van der Waals surface area contributed by atoms with Gasteiger partial charge in [-0.3, -0.25) is 0 Å². The maximum absolute atomic E-state index is 5.97. The first-order valence-electron chi connectivity index (χ1n) is 8.51. The van der Waals surface area contributed by atoms with Crippen molar-refractivity contribution in [2.45, 2.75) is 19.8 Å². The second-order valence-corrected chi connectivity index (χ2v) is 5.91. The minimum atomic E-state index is 0.590. The van der Waals surface area contributed by atoms with E-state index < -0.39 is 0 Å². The van der Waals surface area contributed by atoms with Crippen LogP contribution in [0.3, 0.4) is 0 Å². The number of aromatic nitrogens is 1. The summed E-state index contributed by atoms with van der Waals surface area (Å²) in [5, 5.41) is 0. The lowest BCUT2D eigenvalue weighted by atomic mass is 10.1. The summed E-state index contributed by atoms with van der Waals surface area (Å²) in [5.74, 6) is 2.24. The molecule has 0 aliphatic rings. The third-order valence-electron chi connectivity index (χ3n) is 4.04. The average Bonchev–Trinajstić information content (AvgIpc) is 3.31. The molecule has 126 valence electrons. The second kappa shape index (κ2) is 6.85. The smallest absolute Gasteiger partial charge is 0.227 e. The Morgan fingerprint density at radius 1 is 1.00 bits per heavy atom. The molecule has 25 heavy (non-hydrogen) atoms. The Morgan fingerprint density at radius 2 is 1.96 bits per heavy atom. The van der Waals surface area contributed by atoms with E-state index in [2.05, 4.69) is 11.9 Å². The zero-order valence-corrected chi connectivity index (χ0v) is 14.1. The van der Waals surface area contributed by atoms with Gasteiger partial charge in [0.05, 0.1) is 12.9 Å². The van der Waals surface area contributed by atoms with Crippen molar-refractivity contribution in [3.05, 3.63) is 60.9 Å². The van der Waals surface area contributed by atoms with Crippen LogP contribution < -0.4 is 4.74 Å². The molecule has 4 aromatic rings. The zero-order valence-electron chi connectivity index (χ0n) is 14.1. The van der Waals surface area contributed by atoms with Gasteiger partial charge in [-0.25, -0.2) is 4.98 Å². The fraction of sp³-hybridized carbons (Fsp3) is 0.190. The van der Waals surface area contributed by atoms with E-state index in [9.17, 15) is 0 Å². The number of fused-ring (bicyclic) bond motifs is 1. The third kappa shape index (κ3) is 3.29.